The van der Waals surface area contributed by atoms with E-state index in [1.807, 2.05) is 0 Å². The third-order valence-electron chi connectivity index (χ3n) is 5.73. The fraction of sp³-hybridized carbons (Fsp3) is 0.280. The molecule has 0 spiro atoms. The molecule has 0 amide bonds. The summed E-state index contributed by atoms with van der Waals surface area (Å²) in [5.74, 6) is 0.462. The second kappa shape index (κ2) is 11.0. The first kappa shape index (κ1) is 27.4. The number of pyridine rings is 1. The maximum absolute atomic E-state index is 13.5. The number of halogens is 3. The van der Waals surface area contributed by atoms with Crippen LogP contribution in [0.15, 0.2) is 48.4 Å². The molecule has 0 bridgehead atoms. The number of methoxy groups -OCH3 is 4. The number of aromatic nitrogens is 3. The van der Waals surface area contributed by atoms with Gasteiger partial charge in [-0.15, -0.1) is 0 Å². The van der Waals surface area contributed by atoms with E-state index in [1.54, 1.807) is 18.2 Å². The van der Waals surface area contributed by atoms with E-state index in [-0.39, 0.29) is 34.5 Å². The zero-order valence-electron chi connectivity index (χ0n) is 21.6. The van der Waals surface area contributed by atoms with E-state index in [2.05, 4.69) is 25.7 Å². The Balaban J connectivity index is 1.82. The van der Waals surface area contributed by atoms with Gasteiger partial charge >= 0.3 is 12.1 Å². The number of hydrogen-bond acceptors (Lipinski definition) is 11. The number of ether oxygens (including phenoxy) is 4. The number of allylic oxidation sites excluding steroid dienone is 1. The molecule has 0 saturated heterocycles. The minimum atomic E-state index is -4.54. The smallest absolute Gasteiger partial charge is 0.409 e. The van der Waals surface area contributed by atoms with Gasteiger partial charge in [0.05, 0.1) is 28.4 Å². The van der Waals surface area contributed by atoms with Crippen LogP contribution in [0.4, 0.5) is 30.6 Å². The third kappa shape index (κ3) is 5.80. The molecule has 0 radical (unpaired) electrons. The van der Waals surface area contributed by atoms with E-state index < -0.39 is 18.2 Å². The van der Waals surface area contributed by atoms with Crippen molar-refractivity contribution >= 4 is 23.4 Å². The van der Waals surface area contributed by atoms with E-state index in [1.165, 1.54) is 58.8 Å². The molecule has 1 aromatic carbocycles. The van der Waals surface area contributed by atoms with Gasteiger partial charge in [0.15, 0.2) is 5.82 Å². The molecule has 3 heterocycles. The lowest BCUT2D eigenvalue weighted by Gasteiger charge is -2.25. The standard InChI is InChI=1S/C25H25F3N6O5/c1-13-6-20(25(26,27)28)33-34(13)21-19(14-7-18(23(35)39-5)22(38-4)29-11-14)12-30-24(32-21)31-15-8-16(36-2)10-17(9-15)37-3/h6-12,20,33H,1-5H3,(H,30,31,32). The molecule has 1 unspecified atom stereocenters. The molecule has 4 rings (SSSR count). The number of nitrogens with zero attached hydrogens (tertiary/aromatic N) is 4. The Morgan fingerprint density at radius 1 is 1.00 bits per heavy atom. The number of alkyl halides is 3. The van der Waals surface area contributed by atoms with Crippen molar-refractivity contribution in [2.75, 3.05) is 38.8 Å². The molecule has 2 N–H and O–H groups in total. The Kier molecular flexibility index (Phi) is 7.76. The van der Waals surface area contributed by atoms with Crippen LogP contribution >= 0.6 is 0 Å². The molecule has 1 aliphatic heterocycles. The molecule has 0 fully saturated rings. The lowest BCUT2D eigenvalue weighted by Crippen LogP contribution is -2.45. The summed E-state index contributed by atoms with van der Waals surface area (Å²) in [7, 11) is 5.55. The van der Waals surface area contributed by atoms with Gasteiger partial charge in [-0.2, -0.15) is 18.2 Å². The monoisotopic (exact) mass is 546 g/mol. The minimum Gasteiger partial charge on any atom is -0.497 e. The van der Waals surface area contributed by atoms with Gasteiger partial charge in [-0.3, -0.25) is 5.01 Å². The number of benzene rings is 1. The molecule has 2 aromatic heterocycles. The molecule has 3 aromatic rings. The molecule has 39 heavy (non-hydrogen) atoms. The first-order chi connectivity index (χ1) is 18.6. The van der Waals surface area contributed by atoms with Crippen LogP contribution in [0.3, 0.4) is 0 Å². The number of esters is 1. The second-order valence-electron chi connectivity index (χ2n) is 8.22. The molecular weight excluding hydrogens is 521 g/mol. The summed E-state index contributed by atoms with van der Waals surface area (Å²) in [5, 5.41) is 4.22. The highest BCUT2D eigenvalue weighted by molar-refractivity contribution is 5.94. The lowest BCUT2D eigenvalue weighted by atomic mass is 10.1. The maximum atomic E-state index is 13.5. The van der Waals surface area contributed by atoms with Crippen molar-refractivity contribution in [2.24, 2.45) is 0 Å². The fourth-order valence-corrected chi connectivity index (χ4v) is 3.82. The van der Waals surface area contributed by atoms with Crippen LogP contribution in [0, 0.1) is 0 Å². The van der Waals surface area contributed by atoms with Crippen LogP contribution in [0.2, 0.25) is 0 Å². The highest BCUT2D eigenvalue weighted by Crippen LogP contribution is 2.37. The summed E-state index contributed by atoms with van der Waals surface area (Å²) in [4.78, 5) is 25.3. The first-order valence-electron chi connectivity index (χ1n) is 11.4. The number of nitrogens with one attached hydrogen (secondary N) is 2. The molecule has 0 saturated carbocycles. The first-order valence-corrected chi connectivity index (χ1v) is 11.4. The number of rotatable bonds is 8. The van der Waals surface area contributed by atoms with Crippen molar-refractivity contribution in [3.8, 4) is 28.5 Å². The zero-order chi connectivity index (χ0) is 28.3. The summed E-state index contributed by atoms with van der Waals surface area (Å²) < 4.78 is 61.2. The van der Waals surface area contributed by atoms with Crippen LogP contribution in [-0.4, -0.2) is 61.6 Å². The predicted molar refractivity (Wildman–Crippen MR) is 135 cm³/mol. The van der Waals surface area contributed by atoms with E-state index >= 15 is 0 Å². The van der Waals surface area contributed by atoms with Crippen molar-refractivity contribution in [1.29, 1.82) is 0 Å². The number of hydrazine groups is 1. The number of hydrogen-bond donors (Lipinski definition) is 2. The van der Waals surface area contributed by atoms with E-state index in [9.17, 15) is 18.0 Å². The van der Waals surface area contributed by atoms with Crippen molar-refractivity contribution in [2.45, 2.75) is 19.1 Å². The van der Waals surface area contributed by atoms with Crippen LogP contribution in [0.25, 0.3) is 11.1 Å². The van der Waals surface area contributed by atoms with Crippen molar-refractivity contribution in [3.05, 3.63) is 54.0 Å². The van der Waals surface area contributed by atoms with E-state index in [4.69, 9.17) is 18.9 Å². The molecule has 206 valence electrons. The highest BCUT2D eigenvalue weighted by atomic mass is 19.4. The molecule has 1 aliphatic rings. The molecular formula is C25H25F3N6O5. The Labute approximate surface area is 221 Å². The highest BCUT2D eigenvalue weighted by Gasteiger charge is 2.43. The van der Waals surface area contributed by atoms with Crippen LogP contribution < -0.4 is 30.0 Å². The molecule has 14 heteroatoms. The van der Waals surface area contributed by atoms with Crippen molar-refractivity contribution in [3.63, 3.8) is 0 Å². The average molecular weight is 547 g/mol. The van der Waals surface area contributed by atoms with Crippen LogP contribution in [-0.2, 0) is 4.74 Å². The Morgan fingerprint density at radius 2 is 1.69 bits per heavy atom. The third-order valence-corrected chi connectivity index (χ3v) is 5.73. The zero-order valence-corrected chi connectivity index (χ0v) is 21.6. The summed E-state index contributed by atoms with van der Waals surface area (Å²) in [6.07, 6.45) is -0.703. The summed E-state index contributed by atoms with van der Waals surface area (Å²) in [6.45, 7) is 1.51. The van der Waals surface area contributed by atoms with Gasteiger partial charge in [0.1, 0.15) is 23.1 Å². The number of carbonyl (C=O) groups is 1. The van der Waals surface area contributed by atoms with Crippen LogP contribution in [0.1, 0.15) is 17.3 Å². The van der Waals surface area contributed by atoms with Gasteiger partial charge in [-0.25, -0.2) is 20.2 Å². The largest absolute Gasteiger partial charge is 0.497 e. The number of anilines is 3. The predicted octanol–water partition coefficient (Wildman–Crippen LogP) is 4.25. The van der Waals surface area contributed by atoms with Crippen LogP contribution in [0.5, 0.6) is 17.4 Å². The Hall–Kier alpha value is -4.59. The Morgan fingerprint density at radius 3 is 2.26 bits per heavy atom. The summed E-state index contributed by atoms with van der Waals surface area (Å²) in [6, 6.07) is 4.54. The lowest BCUT2D eigenvalue weighted by molar-refractivity contribution is -0.142. The van der Waals surface area contributed by atoms with Gasteiger partial charge in [0, 0.05) is 53.1 Å². The average Bonchev–Trinajstić information content (AvgIpc) is 3.34. The molecule has 11 nitrogen and oxygen atoms in total. The van der Waals surface area contributed by atoms with Gasteiger partial charge in [0.2, 0.25) is 11.8 Å². The second-order valence-corrected chi connectivity index (χ2v) is 8.22. The topological polar surface area (TPSA) is 120 Å². The van der Waals surface area contributed by atoms with Gasteiger partial charge < -0.3 is 24.3 Å². The number of carbonyl (C=O) groups excluding carboxylic acids is 1. The van der Waals surface area contributed by atoms with Gasteiger partial charge in [-0.05, 0) is 19.1 Å². The van der Waals surface area contributed by atoms with Crippen molar-refractivity contribution in [1.82, 2.24) is 20.4 Å². The minimum absolute atomic E-state index is 0.0175. The molecule has 1 atom stereocenters. The maximum Gasteiger partial charge on any atom is 0.409 e. The van der Waals surface area contributed by atoms with Crippen molar-refractivity contribution < 1.29 is 36.9 Å². The molecule has 0 aliphatic carbocycles. The van der Waals surface area contributed by atoms with E-state index in [0.29, 0.717) is 22.7 Å². The summed E-state index contributed by atoms with van der Waals surface area (Å²) >= 11 is 0. The normalized spacial score (nSPS) is 15.0. The van der Waals surface area contributed by atoms with Gasteiger partial charge in [-0.1, -0.05) is 0 Å². The van der Waals surface area contributed by atoms with E-state index in [0.717, 1.165) is 6.08 Å². The van der Waals surface area contributed by atoms with Gasteiger partial charge in [0.25, 0.3) is 0 Å². The summed E-state index contributed by atoms with van der Waals surface area (Å²) in [5.41, 5.74) is 3.83. The quantitative estimate of drug-likeness (QED) is 0.395. The Bertz CT molecular complexity index is 1390. The fourth-order valence-electron chi connectivity index (χ4n) is 3.82. The SMILES string of the molecule is COC(=O)c1cc(-c2cnc(Nc3cc(OC)cc(OC)c3)nc2N2NC(C(F)(F)F)C=C2C)cnc1OC.